The molecule has 5 nitrogen and oxygen atoms in total. The molecule has 0 fully saturated rings. The van der Waals surface area contributed by atoms with Gasteiger partial charge in [-0.05, 0) is 11.6 Å². The van der Waals surface area contributed by atoms with Crippen LogP contribution in [0.1, 0.15) is 18.3 Å². The first kappa shape index (κ1) is 12.3. The summed E-state index contributed by atoms with van der Waals surface area (Å²) in [7, 11) is 1.60. The highest BCUT2D eigenvalue weighted by Gasteiger charge is 2.03. The normalized spacial score (nSPS) is 10.1. The van der Waals surface area contributed by atoms with E-state index in [0.717, 1.165) is 23.6 Å². The molecule has 0 atom stereocenters. The standard InChI is InChI=1S/C13H16N4O/c1-3-11-16-12(7-13(17-11)18-2)15-9-10-5-4-6-14-8-10/h4-8H,3,9H2,1-2H3,(H,15,16,17). The van der Waals surface area contributed by atoms with Crippen LogP contribution in [-0.2, 0) is 13.0 Å². The first-order chi connectivity index (χ1) is 8.81. The smallest absolute Gasteiger partial charge is 0.218 e. The van der Waals surface area contributed by atoms with E-state index in [-0.39, 0.29) is 0 Å². The summed E-state index contributed by atoms with van der Waals surface area (Å²) in [6.07, 6.45) is 4.36. The van der Waals surface area contributed by atoms with Crippen molar-refractivity contribution in [2.45, 2.75) is 19.9 Å². The number of hydrogen-bond acceptors (Lipinski definition) is 5. The third-order valence-electron chi connectivity index (χ3n) is 2.47. The molecule has 18 heavy (non-hydrogen) atoms. The van der Waals surface area contributed by atoms with E-state index in [1.54, 1.807) is 19.4 Å². The molecule has 0 aliphatic carbocycles. The van der Waals surface area contributed by atoms with Crippen LogP contribution in [0.15, 0.2) is 30.6 Å². The van der Waals surface area contributed by atoms with Crippen LogP contribution in [0.4, 0.5) is 5.82 Å². The topological polar surface area (TPSA) is 59.9 Å². The molecule has 5 heteroatoms. The zero-order valence-corrected chi connectivity index (χ0v) is 10.6. The summed E-state index contributed by atoms with van der Waals surface area (Å²) >= 11 is 0. The number of ether oxygens (including phenoxy) is 1. The van der Waals surface area contributed by atoms with Crippen molar-refractivity contribution in [2.75, 3.05) is 12.4 Å². The van der Waals surface area contributed by atoms with Crippen molar-refractivity contribution in [3.63, 3.8) is 0 Å². The predicted molar refractivity (Wildman–Crippen MR) is 69.5 cm³/mol. The Bertz CT molecular complexity index is 479. The van der Waals surface area contributed by atoms with Crippen LogP contribution >= 0.6 is 0 Å². The molecule has 0 bridgehead atoms. The average molecular weight is 244 g/mol. The second-order valence-electron chi connectivity index (χ2n) is 3.78. The molecular formula is C13H16N4O. The molecular weight excluding hydrogens is 228 g/mol. The highest BCUT2D eigenvalue weighted by Crippen LogP contribution is 2.14. The predicted octanol–water partition coefficient (Wildman–Crippen LogP) is 2.05. The van der Waals surface area contributed by atoms with Crippen molar-refractivity contribution in [1.82, 2.24) is 15.0 Å². The molecule has 0 unspecified atom stereocenters. The number of nitrogens with zero attached hydrogens (tertiary/aromatic N) is 3. The Kier molecular flexibility index (Phi) is 4.06. The Morgan fingerprint density at radius 1 is 1.33 bits per heavy atom. The van der Waals surface area contributed by atoms with Gasteiger partial charge in [-0.1, -0.05) is 13.0 Å². The maximum absolute atomic E-state index is 5.15. The van der Waals surface area contributed by atoms with Gasteiger partial charge in [-0.15, -0.1) is 0 Å². The van der Waals surface area contributed by atoms with Crippen molar-refractivity contribution in [3.05, 3.63) is 42.0 Å². The van der Waals surface area contributed by atoms with Gasteiger partial charge in [0.15, 0.2) is 0 Å². The molecule has 1 N–H and O–H groups in total. The van der Waals surface area contributed by atoms with Crippen LogP contribution in [0.2, 0.25) is 0 Å². The van der Waals surface area contributed by atoms with E-state index < -0.39 is 0 Å². The van der Waals surface area contributed by atoms with Crippen LogP contribution in [0, 0.1) is 0 Å². The summed E-state index contributed by atoms with van der Waals surface area (Å²) in [4.78, 5) is 12.7. The van der Waals surface area contributed by atoms with Crippen LogP contribution in [0.3, 0.4) is 0 Å². The molecule has 2 aromatic heterocycles. The van der Waals surface area contributed by atoms with Gasteiger partial charge in [-0.3, -0.25) is 4.98 Å². The fourth-order valence-corrected chi connectivity index (χ4v) is 1.52. The first-order valence-electron chi connectivity index (χ1n) is 5.86. The zero-order valence-electron chi connectivity index (χ0n) is 10.6. The number of aryl methyl sites for hydroxylation is 1. The summed E-state index contributed by atoms with van der Waals surface area (Å²) in [5.74, 6) is 2.11. The van der Waals surface area contributed by atoms with Gasteiger partial charge in [0.25, 0.3) is 0 Å². The number of methoxy groups -OCH3 is 1. The molecule has 0 aliphatic rings. The maximum atomic E-state index is 5.15. The van der Waals surface area contributed by atoms with E-state index >= 15 is 0 Å². The monoisotopic (exact) mass is 244 g/mol. The molecule has 0 aromatic carbocycles. The summed E-state index contributed by atoms with van der Waals surface area (Å²) in [6, 6.07) is 5.71. The SMILES string of the molecule is CCc1nc(NCc2cccnc2)cc(OC)n1. The second kappa shape index (κ2) is 5.95. The molecule has 0 spiro atoms. The maximum Gasteiger partial charge on any atom is 0.218 e. The highest BCUT2D eigenvalue weighted by atomic mass is 16.5. The lowest BCUT2D eigenvalue weighted by molar-refractivity contribution is 0.395. The van der Waals surface area contributed by atoms with E-state index in [0.29, 0.717) is 12.4 Å². The van der Waals surface area contributed by atoms with Crippen molar-refractivity contribution in [1.29, 1.82) is 0 Å². The van der Waals surface area contributed by atoms with Crippen molar-refractivity contribution >= 4 is 5.82 Å². The minimum Gasteiger partial charge on any atom is -0.481 e. The Balaban J connectivity index is 2.09. The minimum atomic E-state index is 0.579. The molecule has 0 saturated carbocycles. The number of pyridine rings is 1. The third-order valence-corrected chi connectivity index (χ3v) is 2.47. The second-order valence-corrected chi connectivity index (χ2v) is 3.78. The number of rotatable bonds is 5. The van der Waals surface area contributed by atoms with E-state index in [2.05, 4.69) is 20.3 Å². The minimum absolute atomic E-state index is 0.579. The number of aromatic nitrogens is 3. The quantitative estimate of drug-likeness (QED) is 0.872. The lowest BCUT2D eigenvalue weighted by Crippen LogP contribution is -2.05. The Hall–Kier alpha value is -2.17. The average Bonchev–Trinajstić information content (AvgIpc) is 2.45. The van der Waals surface area contributed by atoms with Gasteiger partial charge in [-0.25, -0.2) is 4.98 Å². The van der Waals surface area contributed by atoms with Gasteiger partial charge in [-0.2, -0.15) is 4.98 Å². The summed E-state index contributed by atoms with van der Waals surface area (Å²) < 4.78 is 5.15. The molecule has 0 aliphatic heterocycles. The fourth-order valence-electron chi connectivity index (χ4n) is 1.52. The van der Waals surface area contributed by atoms with E-state index in [4.69, 9.17) is 4.74 Å². The number of nitrogens with one attached hydrogen (secondary N) is 1. The lowest BCUT2D eigenvalue weighted by atomic mass is 10.3. The van der Waals surface area contributed by atoms with Crippen LogP contribution in [0.25, 0.3) is 0 Å². The van der Waals surface area contributed by atoms with E-state index in [1.165, 1.54) is 0 Å². The largest absolute Gasteiger partial charge is 0.481 e. The molecule has 2 heterocycles. The highest BCUT2D eigenvalue weighted by molar-refractivity contribution is 5.39. The molecule has 0 saturated heterocycles. The van der Waals surface area contributed by atoms with Gasteiger partial charge in [0.2, 0.25) is 5.88 Å². The van der Waals surface area contributed by atoms with Gasteiger partial charge in [0.05, 0.1) is 7.11 Å². The fraction of sp³-hybridized carbons (Fsp3) is 0.308. The molecule has 0 radical (unpaired) electrons. The van der Waals surface area contributed by atoms with Crippen molar-refractivity contribution in [2.24, 2.45) is 0 Å². The van der Waals surface area contributed by atoms with Gasteiger partial charge >= 0.3 is 0 Å². The van der Waals surface area contributed by atoms with Gasteiger partial charge in [0.1, 0.15) is 11.6 Å². The summed E-state index contributed by atoms with van der Waals surface area (Å²) in [5.41, 5.74) is 1.10. The van der Waals surface area contributed by atoms with Crippen LogP contribution in [-0.4, -0.2) is 22.1 Å². The lowest BCUT2D eigenvalue weighted by Gasteiger charge is -2.08. The van der Waals surface area contributed by atoms with Crippen molar-refractivity contribution in [3.8, 4) is 5.88 Å². The Morgan fingerprint density at radius 2 is 2.22 bits per heavy atom. The van der Waals surface area contributed by atoms with Crippen LogP contribution < -0.4 is 10.1 Å². The van der Waals surface area contributed by atoms with Crippen LogP contribution in [0.5, 0.6) is 5.88 Å². The molecule has 2 aromatic rings. The van der Waals surface area contributed by atoms with Crippen molar-refractivity contribution < 1.29 is 4.74 Å². The Labute approximate surface area is 106 Å². The third kappa shape index (κ3) is 3.16. The van der Waals surface area contributed by atoms with Gasteiger partial charge < -0.3 is 10.1 Å². The van der Waals surface area contributed by atoms with E-state index in [1.807, 2.05) is 25.3 Å². The molecule has 2 rings (SSSR count). The van der Waals surface area contributed by atoms with E-state index in [9.17, 15) is 0 Å². The molecule has 94 valence electrons. The summed E-state index contributed by atoms with van der Waals surface area (Å²) in [5, 5.41) is 3.24. The Morgan fingerprint density at radius 3 is 2.89 bits per heavy atom. The van der Waals surface area contributed by atoms with Gasteiger partial charge in [0, 0.05) is 31.4 Å². The molecule has 0 amide bonds. The zero-order chi connectivity index (χ0) is 12.8. The first-order valence-corrected chi connectivity index (χ1v) is 5.86. The number of anilines is 1. The summed E-state index contributed by atoms with van der Waals surface area (Å²) in [6.45, 7) is 2.69. The number of hydrogen-bond donors (Lipinski definition) is 1.